The number of aryl methyl sites for hydroxylation is 1. The van der Waals surface area contributed by atoms with E-state index in [4.69, 9.17) is 5.73 Å². The van der Waals surface area contributed by atoms with Gasteiger partial charge in [0.15, 0.2) is 0 Å². The Labute approximate surface area is 108 Å². The van der Waals surface area contributed by atoms with Crippen LogP contribution in [-0.4, -0.2) is 4.98 Å². The van der Waals surface area contributed by atoms with Crippen molar-refractivity contribution in [2.45, 2.75) is 31.2 Å². The quantitative estimate of drug-likeness (QED) is 0.892. The van der Waals surface area contributed by atoms with Crippen LogP contribution in [0.1, 0.15) is 35.6 Å². The molecule has 1 atom stereocenters. The van der Waals surface area contributed by atoms with Crippen LogP contribution < -0.4 is 5.73 Å². The third kappa shape index (κ3) is 1.73. The zero-order valence-corrected chi connectivity index (χ0v) is 10.6. The number of pyridine rings is 1. The summed E-state index contributed by atoms with van der Waals surface area (Å²) < 4.78 is 0. The van der Waals surface area contributed by atoms with Crippen LogP contribution >= 0.6 is 0 Å². The first-order valence-corrected chi connectivity index (χ1v) is 6.46. The van der Waals surface area contributed by atoms with Crippen LogP contribution in [-0.2, 0) is 5.41 Å². The smallest absolute Gasteiger partial charge is 0.0411 e. The highest BCUT2D eigenvalue weighted by Gasteiger charge is 2.49. The lowest BCUT2D eigenvalue weighted by Crippen LogP contribution is -2.27. The molecule has 0 radical (unpaired) electrons. The first-order valence-electron chi connectivity index (χ1n) is 6.46. The summed E-state index contributed by atoms with van der Waals surface area (Å²) in [4.78, 5) is 4.22. The lowest BCUT2D eigenvalue weighted by Gasteiger charge is -2.25. The summed E-state index contributed by atoms with van der Waals surface area (Å²) in [5.74, 6) is 0. The van der Waals surface area contributed by atoms with E-state index < -0.39 is 0 Å². The summed E-state index contributed by atoms with van der Waals surface area (Å²) in [5.41, 5.74) is 10.4. The van der Waals surface area contributed by atoms with Gasteiger partial charge in [-0.2, -0.15) is 0 Å². The Morgan fingerprint density at radius 1 is 1.17 bits per heavy atom. The second-order valence-corrected chi connectivity index (χ2v) is 5.23. The van der Waals surface area contributed by atoms with Crippen molar-refractivity contribution in [2.24, 2.45) is 5.73 Å². The van der Waals surface area contributed by atoms with Gasteiger partial charge in [-0.25, -0.2) is 0 Å². The van der Waals surface area contributed by atoms with E-state index in [1.807, 2.05) is 18.5 Å². The van der Waals surface area contributed by atoms with E-state index in [1.165, 1.54) is 29.5 Å². The largest absolute Gasteiger partial charge is 0.323 e. The molecule has 1 aliphatic rings. The van der Waals surface area contributed by atoms with Crippen molar-refractivity contribution in [3.05, 3.63) is 65.5 Å². The van der Waals surface area contributed by atoms with Crippen molar-refractivity contribution in [3.63, 3.8) is 0 Å². The molecule has 18 heavy (non-hydrogen) atoms. The first-order chi connectivity index (χ1) is 8.74. The van der Waals surface area contributed by atoms with Crippen molar-refractivity contribution >= 4 is 0 Å². The Morgan fingerprint density at radius 2 is 1.89 bits per heavy atom. The zero-order valence-electron chi connectivity index (χ0n) is 10.6. The van der Waals surface area contributed by atoms with Gasteiger partial charge in [-0.1, -0.05) is 30.3 Å². The van der Waals surface area contributed by atoms with Crippen molar-refractivity contribution in [3.8, 4) is 0 Å². The second-order valence-electron chi connectivity index (χ2n) is 5.23. The average Bonchev–Trinajstić information content (AvgIpc) is 3.21. The van der Waals surface area contributed by atoms with Gasteiger partial charge in [-0.15, -0.1) is 0 Å². The lowest BCUT2D eigenvalue weighted by molar-refractivity contribution is 0.537. The monoisotopic (exact) mass is 238 g/mol. The Bertz CT molecular complexity index is 544. The zero-order chi connectivity index (χ0) is 12.6. The molecule has 1 aliphatic carbocycles. The van der Waals surface area contributed by atoms with Gasteiger partial charge in [0.05, 0.1) is 0 Å². The molecule has 2 heteroatoms. The second kappa shape index (κ2) is 4.21. The third-order valence-electron chi connectivity index (χ3n) is 4.15. The maximum absolute atomic E-state index is 6.53. The van der Waals surface area contributed by atoms with Gasteiger partial charge in [0, 0.05) is 23.9 Å². The molecule has 0 bridgehead atoms. The van der Waals surface area contributed by atoms with Crippen LogP contribution in [0.5, 0.6) is 0 Å². The predicted octanol–water partition coefficient (Wildman–Crippen LogP) is 3.12. The van der Waals surface area contributed by atoms with E-state index in [0.29, 0.717) is 0 Å². The topological polar surface area (TPSA) is 38.9 Å². The number of benzene rings is 1. The minimum atomic E-state index is 0.0496. The Kier molecular flexibility index (Phi) is 2.67. The fourth-order valence-corrected chi connectivity index (χ4v) is 2.78. The van der Waals surface area contributed by atoms with Crippen molar-refractivity contribution in [1.29, 1.82) is 0 Å². The van der Waals surface area contributed by atoms with Gasteiger partial charge in [-0.05, 0) is 42.5 Å². The van der Waals surface area contributed by atoms with Crippen LogP contribution in [0.2, 0.25) is 0 Å². The molecule has 2 N–H and O–H groups in total. The van der Waals surface area contributed by atoms with E-state index in [2.05, 4.69) is 42.2 Å². The molecule has 3 rings (SSSR count). The Hall–Kier alpha value is -1.67. The fourth-order valence-electron chi connectivity index (χ4n) is 2.78. The van der Waals surface area contributed by atoms with Crippen molar-refractivity contribution < 1.29 is 0 Å². The molecule has 1 saturated carbocycles. The van der Waals surface area contributed by atoms with E-state index in [1.54, 1.807) is 0 Å². The van der Waals surface area contributed by atoms with Gasteiger partial charge < -0.3 is 5.73 Å². The molecule has 0 amide bonds. The summed E-state index contributed by atoms with van der Waals surface area (Å²) in [5, 5.41) is 0. The molecular weight excluding hydrogens is 220 g/mol. The highest BCUT2D eigenvalue weighted by molar-refractivity contribution is 5.39. The third-order valence-corrected chi connectivity index (χ3v) is 4.15. The molecule has 1 aromatic heterocycles. The summed E-state index contributed by atoms with van der Waals surface area (Å²) in [7, 11) is 0. The van der Waals surface area contributed by atoms with E-state index >= 15 is 0 Å². The van der Waals surface area contributed by atoms with Crippen LogP contribution in [0.3, 0.4) is 0 Å². The van der Waals surface area contributed by atoms with Crippen molar-refractivity contribution in [2.75, 3.05) is 0 Å². The fraction of sp³-hybridized carbons (Fsp3) is 0.312. The average molecular weight is 238 g/mol. The van der Waals surface area contributed by atoms with Crippen LogP contribution in [0, 0.1) is 6.92 Å². The van der Waals surface area contributed by atoms with Gasteiger partial charge in [-0.3, -0.25) is 4.98 Å². The molecule has 0 spiro atoms. The van der Waals surface area contributed by atoms with Gasteiger partial charge in [0.1, 0.15) is 0 Å². The van der Waals surface area contributed by atoms with Gasteiger partial charge in [0.25, 0.3) is 0 Å². The molecule has 2 nitrogen and oxygen atoms in total. The highest BCUT2D eigenvalue weighted by atomic mass is 14.8. The molecule has 1 fully saturated rings. The molecule has 0 saturated heterocycles. The van der Waals surface area contributed by atoms with E-state index in [-0.39, 0.29) is 11.5 Å². The SMILES string of the molecule is Cc1ccncc1C(N)C1(c2ccccc2)CC1. The van der Waals surface area contributed by atoms with Gasteiger partial charge in [0.2, 0.25) is 0 Å². The minimum Gasteiger partial charge on any atom is -0.323 e. The minimum absolute atomic E-state index is 0.0496. The number of rotatable bonds is 3. The number of hydrogen-bond acceptors (Lipinski definition) is 2. The van der Waals surface area contributed by atoms with Crippen LogP contribution in [0.15, 0.2) is 48.8 Å². The van der Waals surface area contributed by atoms with E-state index in [9.17, 15) is 0 Å². The predicted molar refractivity (Wildman–Crippen MR) is 73.3 cm³/mol. The standard InChI is InChI=1S/C16H18N2/c1-12-7-10-18-11-14(12)15(17)16(8-9-16)13-5-3-2-4-6-13/h2-7,10-11,15H,8-9,17H2,1H3. The molecule has 2 aromatic rings. The maximum Gasteiger partial charge on any atom is 0.0411 e. The van der Waals surface area contributed by atoms with Crippen LogP contribution in [0.25, 0.3) is 0 Å². The summed E-state index contributed by atoms with van der Waals surface area (Å²) >= 11 is 0. The Morgan fingerprint density at radius 3 is 2.50 bits per heavy atom. The normalized spacial score (nSPS) is 18.3. The number of aromatic nitrogens is 1. The maximum atomic E-state index is 6.53. The summed E-state index contributed by atoms with van der Waals surface area (Å²) in [6, 6.07) is 12.7. The summed E-state index contributed by atoms with van der Waals surface area (Å²) in [6.07, 6.45) is 6.09. The molecule has 1 aromatic carbocycles. The van der Waals surface area contributed by atoms with E-state index in [0.717, 1.165) is 0 Å². The highest BCUT2D eigenvalue weighted by Crippen LogP contribution is 2.55. The number of hydrogen-bond donors (Lipinski definition) is 1. The number of nitrogens with two attached hydrogens (primary N) is 1. The lowest BCUT2D eigenvalue weighted by atomic mass is 9.84. The van der Waals surface area contributed by atoms with Crippen LogP contribution in [0.4, 0.5) is 0 Å². The molecule has 1 unspecified atom stereocenters. The first kappa shape index (κ1) is 11.4. The number of nitrogens with zero attached hydrogens (tertiary/aromatic N) is 1. The molecule has 92 valence electrons. The van der Waals surface area contributed by atoms with Crippen molar-refractivity contribution in [1.82, 2.24) is 4.98 Å². The Balaban J connectivity index is 1.98. The van der Waals surface area contributed by atoms with Gasteiger partial charge >= 0.3 is 0 Å². The molecule has 1 heterocycles. The molecule has 0 aliphatic heterocycles. The molecular formula is C16H18N2. The summed E-state index contributed by atoms with van der Waals surface area (Å²) in [6.45, 7) is 2.11.